The minimum Gasteiger partial charge on any atom is -0.480 e. The van der Waals surface area contributed by atoms with E-state index in [2.05, 4.69) is 20.4 Å². The normalized spacial score (nSPS) is 11.1. The molecule has 4 N–H and O–H groups in total. The van der Waals surface area contributed by atoms with E-state index in [1.165, 1.54) is 19.4 Å². The van der Waals surface area contributed by atoms with E-state index in [0.29, 0.717) is 18.0 Å². The van der Waals surface area contributed by atoms with Gasteiger partial charge in [0.2, 0.25) is 5.88 Å². The average Bonchev–Trinajstić information content (AvgIpc) is 3.30. The van der Waals surface area contributed by atoms with E-state index in [9.17, 15) is 18.0 Å². The molecule has 0 radical (unpaired) electrons. The van der Waals surface area contributed by atoms with Gasteiger partial charge in [0.05, 0.1) is 18.4 Å². The highest BCUT2D eigenvalue weighted by Crippen LogP contribution is 2.38. The molecule has 196 valence electrons. The second-order valence-electron chi connectivity index (χ2n) is 7.61. The molecule has 0 aliphatic carbocycles. The fourth-order valence-corrected chi connectivity index (χ4v) is 3.77. The van der Waals surface area contributed by atoms with Crippen molar-refractivity contribution in [2.75, 3.05) is 26.5 Å². The van der Waals surface area contributed by atoms with Crippen molar-refractivity contribution in [2.24, 2.45) is 0 Å². The first-order valence-electron chi connectivity index (χ1n) is 10.9. The number of pyridine rings is 1. The quantitative estimate of drug-likeness (QED) is 0.304. The molecule has 0 saturated heterocycles. The number of nitrogen functional groups attached to an aromatic ring is 1. The lowest BCUT2D eigenvalue weighted by molar-refractivity contribution is -0.136. The molecule has 3 heterocycles. The number of aryl methyl sites for hydroxylation is 1. The number of aromatic nitrogens is 4. The third kappa shape index (κ3) is 6.27. The van der Waals surface area contributed by atoms with Gasteiger partial charge in [-0.15, -0.1) is 0 Å². The number of rotatable bonds is 7. The maximum atomic E-state index is 13.6. The van der Waals surface area contributed by atoms with Crippen molar-refractivity contribution in [1.29, 1.82) is 0 Å². The molecule has 0 aliphatic heterocycles. The molecule has 0 bridgehead atoms. The van der Waals surface area contributed by atoms with Gasteiger partial charge in [-0.05, 0) is 42.7 Å². The number of halogens is 4. The molecule has 0 atom stereocenters. The van der Waals surface area contributed by atoms with Gasteiger partial charge in [0.25, 0.3) is 5.91 Å². The van der Waals surface area contributed by atoms with Gasteiger partial charge >= 0.3 is 6.18 Å². The maximum Gasteiger partial charge on any atom is 0.418 e. The van der Waals surface area contributed by atoms with Crippen molar-refractivity contribution >= 4 is 28.8 Å². The van der Waals surface area contributed by atoms with Crippen LogP contribution in [-0.4, -0.2) is 51.4 Å². The molecule has 37 heavy (non-hydrogen) atoms. The molecule has 0 unspecified atom stereocenters. The number of fused-ring (bicyclic) bond motifs is 1. The first-order chi connectivity index (χ1) is 17.7. The molecule has 0 saturated carbocycles. The first-order valence-corrected chi connectivity index (χ1v) is 11.3. The topological polar surface area (TPSA) is 128 Å². The summed E-state index contributed by atoms with van der Waals surface area (Å²) >= 11 is 5.89. The van der Waals surface area contributed by atoms with Crippen LogP contribution in [0.15, 0.2) is 48.9 Å². The summed E-state index contributed by atoms with van der Waals surface area (Å²) in [4.78, 5) is 20.6. The fraction of sp³-hybridized carbons (Fsp3) is 0.250. The number of aliphatic hydroxyl groups is 1. The highest BCUT2D eigenvalue weighted by Gasteiger charge is 2.36. The highest BCUT2D eigenvalue weighted by molar-refractivity contribution is 6.30. The molecule has 0 fully saturated rings. The Kier molecular flexibility index (Phi) is 8.90. The smallest absolute Gasteiger partial charge is 0.418 e. The Morgan fingerprint density at radius 3 is 2.54 bits per heavy atom. The third-order valence-electron chi connectivity index (χ3n) is 5.31. The molecule has 4 aromatic rings. The van der Waals surface area contributed by atoms with E-state index < -0.39 is 17.6 Å². The van der Waals surface area contributed by atoms with Crippen LogP contribution in [0.1, 0.15) is 27.9 Å². The number of ether oxygens (including phenoxy) is 1. The predicted molar refractivity (Wildman–Crippen MR) is 132 cm³/mol. The van der Waals surface area contributed by atoms with Crippen molar-refractivity contribution in [3.05, 3.63) is 70.6 Å². The van der Waals surface area contributed by atoms with Crippen LogP contribution in [0.2, 0.25) is 5.02 Å². The predicted octanol–water partition coefficient (Wildman–Crippen LogP) is 4.03. The molecular weight excluding hydrogens is 513 g/mol. The number of benzene rings is 1. The van der Waals surface area contributed by atoms with Crippen LogP contribution in [0.4, 0.5) is 19.0 Å². The number of hydrogen-bond acceptors (Lipinski definition) is 7. The van der Waals surface area contributed by atoms with Gasteiger partial charge in [0.1, 0.15) is 17.4 Å². The summed E-state index contributed by atoms with van der Waals surface area (Å²) in [5.41, 5.74) is 5.76. The average molecular weight is 537 g/mol. The summed E-state index contributed by atoms with van der Waals surface area (Å²) in [5, 5.41) is 14.4. The number of nitrogens with zero attached hydrogens (tertiary/aromatic N) is 4. The Hall–Kier alpha value is -3.90. The molecule has 1 amide bonds. The standard InChI is InChI=1S/C23H20ClF3N6O2.CH4O/c1-35-22-16(21(34)29-8-2-3-13-4-6-15(24)7-5-13)9-14(11-30-22)18-10-17(23(25,26)27)19-20(28)31-12-32-33(18)19;1-2/h4-7,9-12H,2-3,8H2,1H3,(H,29,34)(H2,28,31,32);2H,1H3. The molecule has 1 aromatic carbocycles. The van der Waals surface area contributed by atoms with E-state index in [1.54, 1.807) is 12.1 Å². The minimum absolute atomic E-state index is 0.0370. The lowest BCUT2D eigenvalue weighted by Crippen LogP contribution is -2.25. The van der Waals surface area contributed by atoms with Crippen molar-refractivity contribution < 1.29 is 27.8 Å². The Labute approximate surface area is 215 Å². The van der Waals surface area contributed by atoms with E-state index in [0.717, 1.165) is 36.0 Å². The summed E-state index contributed by atoms with van der Waals surface area (Å²) in [6, 6.07) is 9.72. The SMILES string of the molecule is CO.COc1ncc(-c2cc(C(F)(F)F)c3c(N)ncnn23)cc1C(=O)NCCCc1ccc(Cl)cc1. The number of carbonyl (C=O) groups is 1. The Balaban J connectivity index is 0.00000186. The van der Waals surface area contributed by atoms with Crippen LogP contribution in [0.5, 0.6) is 5.88 Å². The molecule has 13 heteroatoms. The van der Waals surface area contributed by atoms with Gasteiger partial charge < -0.3 is 20.9 Å². The molecule has 9 nitrogen and oxygen atoms in total. The second-order valence-corrected chi connectivity index (χ2v) is 8.05. The number of methoxy groups -OCH3 is 1. The molecule has 0 aliphatic rings. The summed E-state index contributed by atoms with van der Waals surface area (Å²) in [7, 11) is 2.35. The van der Waals surface area contributed by atoms with Crippen LogP contribution in [-0.2, 0) is 12.6 Å². The van der Waals surface area contributed by atoms with Crippen LogP contribution >= 0.6 is 11.6 Å². The van der Waals surface area contributed by atoms with Crippen molar-refractivity contribution in [3.63, 3.8) is 0 Å². The monoisotopic (exact) mass is 536 g/mol. The van der Waals surface area contributed by atoms with Crippen LogP contribution in [0, 0.1) is 0 Å². The van der Waals surface area contributed by atoms with E-state index in [1.807, 2.05) is 12.1 Å². The minimum atomic E-state index is -4.69. The number of alkyl halides is 3. The summed E-state index contributed by atoms with van der Waals surface area (Å²) in [5.74, 6) is -0.757. The number of nitrogens with one attached hydrogen (secondary N) is 1. The third-order valence-corrected chi connectivity index (χ3v) is 5.57. The zero-order valence-electron chi connectivity index (χ0n) is 19.9. The lowest BCUT2D eigenvalue weighted by Gasteiger charge is -2.11. The van der Waals surface area contributed by atoms with Crippen molar-refractivity contribution in [3.8, 4) is 17.1 Å². The maximum absolute atomic E-state index is 13.6. The highest BCUT2D eigenvalue weighted by atomic mass is 35.5. The van der Waals surface area contributed by atoms with Gasteiger partial charge in [-0.3, -0.25) is 4.79 Å². The summed E-state index contributed by atoms with van der Waals surface area (Å²) in [6.45, 7) is 0.366. The molecular formula is C24H24ClF3N6O3. The largest absolute Gasteiger partial charge is 0.480 e. The summed E-state index contributed by atoms with van der Waals surface area (Å²) < 4.78 is 47.1. The Morgan fingerprint density at radius 1 is 1.19 bits per heavy atom. The number of nitrogens with two attached hydrogens (primary N) is 1. The molecule has 0 spiro atoms. The van der Waals surface area contributed by atoms with E-state index in [-0.39, 0.29) is 34.0 Å². The van der Waals surface area contributed by atoms with E-state index in [4.69, 9.17) is 27.2 Å². The Morgan fingerprint density at radius 2 is 1.89 bits per heavy atom. The number of amides is 1. The number of carbonyl (C=O) groups excluding carboxylic acids is 1. The number of hydrogen-bond donors (Lipinski definition) is 3. The molecule has 4 rings (SSSR count). The van der Waals surface area contributed by atoms with Gasteiger partial charge in [0, 0.05) is 30.4 Å². The van der Waals surface area contributed by atoms with Crippen LogP contribution in [0.3, 0.4) is 0 Å². The zero-order chi connectivity index (χ0) is 27.2. The molecule has 3 aromatic heterocycles. The second kappa shape index (κ2) is 11.9. The number of aliphatic hydroxyl groups excluding tert-OH is 1. The Bertz CT molecular complexity index is 1380. The fourth-order valence-electron chi connectivity index (χ4n) is 3.65. The van der Waals surface area contributed by atoms with Crippen LogP contribution in [0.25, 0.3) is 16.8 Å². The van der Waals surface area contributed by atoms with Crippen molar-refractivity contribution in [2.45, 2.75) is 19.0 Å². The lowest BCUT2D eigenvalue weighted by atomic mass is 10.1. The van der Waals surface area contributed by atoms with Gasteiger partial charge in [-0.2, -0.15) is 18.3 Å². The summed E-state index contributed by atoms with van der Waals surface area (Å²) in [6.07, 6.45) is -0.943. The van der Waals surface area contributed by atoms with Crippen LogP contribution < -0.4 is 15.8 Å². The first kappa shape index (κ1) is 27.7. The van der Waals surface area contributed by atoms with Crippen molar-refractivity contribution in [1.82, 2.24) is 24.9 Å². The van der Waals surface area contributed by atoms with Gasteiger partial charge in [0.15, 0.2) is 5.82 Å². The van der Waals surface area contributed by atoms with Gasteiger partial charge in [-0.1, -0.05) is 23.7 Å². The zero-order valence-corrected chi connectivity index (χ0v) is 20.6. The van der Waals surface area contributed by atoms with E-state index >= 15 is 0 Å². The number of anilines is 1. The van der Waals surface area contributed by atoms with Gasteiger partial charge in [-0.25, -0.2) is 14.5 Å².